The second-order valence-corrected chi connectivity index (χ2v) is 9.57. The summed E-state index contributed by atoms with van der Waals surface area (Å²) in [4.78, 5) is 1.39. The molecule has 4 heteroatoms. The van der Waals surface area contributed by atoms with Gasteiger partial charge in [0, 0.05) is 5.38 Å². The predicted molar refractivity (Wildman–Crippen MR) is 128 cm³/mol. The van der Waals surface area contributed by atoms with Gasteiger partial charge in [-0.15, -0.1) is 0 Å². The van der Waals surface area contributed by atoms with Crippen molar-refractivity contribution >= 4 is 27.3 Å². The first-order chi connectivity index (χ1) is 14.3. The zero-order valence-electron chi connectivity index (χ0n) is 19.2. The highest BCUT2D eigenvalue weighted by Crippen LogP contribution is 2.22. The van der Waals surface area contributed by atoms with Crippen LogP contribution < -0.4 is 21.5 Å². The average molecular weight is 494 g/mol. The summed E-state index contributed by atoms with van der Waals surface area (Å²) in [6, 6.07) is 8.86. The maximum atomic E-state index is 2.54. The van der Waals surface area contributed by atoms with Gasteiger partial charge in [0.15, 0.2) is 11.0 Å². The van der Waals surface area contributed by atoms with Gasteiger partial charge in [-0.1, -0.05) is 107 Å². The van der Waals surface area contributed by atoms with E-state index in [-0.39, 0.29) is 17.0 Å². The van der Waals surface area contributed by atoms with Crippen LogP contribution in [0, 0.1) is 6.92 Å². The Morgan fingerprint density at radius 2 is 1.30 bits per heavy atom. The fourth-order valence-electron chi connectivity index (χ4n) is 4.54. The maximum Gasteiger partial charge on any atom is 0.346 e. The number of fused-ring (bicyclic) bond motifs is 3. The minimum absolute atomic E-state index is 0. The van der Waals surface area contributed by atoms with Gasteiger partial charge in [-0.3, -0.25) is 0 Å². The quantitative estimate of drug-likeness (QED) is 0.202. The lowest BCUT2D eigenvalue weighted by Gasteiger charge is -2.03. The molecule has 0 atom stereocenters. The number of imidazole rings is 1. The van der Waals surface area contributed by atoms with Gasteiger partial charge in [0.05, 0.1) is 6.54 Å². The minimum Gasteiger partial charge on any atom is -1.00 e. The summed E-state index contributed by atoms with van der Waals surface area (Å²) < 4.78 is 4.96. The second kappa shape index (κ2) is 14.2. The van der Waals surface area contributed by atoms with E-state index in [0.717, 1.165) is 6.54 Å². The van der Waals surface area contributed by atoms with Crippen molar-refractivity contribution in [2.24, 2.45) is 0 Å². The highest BCUT2D eigenvalue weighted by atomic mass is 79.9. The summed E-state index contributed by atoms with van der Waals surface area (Å²) in [5.74, 6) is 0. The SMILES string of the molecule is CCCCCCCCCCCCCCCC[n+]1c2ccccc2n2c(C)csc21.[Br-]. The third-order valence-corrected chi connectivity index (χ3v) is 7.33. The van der Waals surface area contributed by atoms with Crippen molar-refractivity contribution in [2.45, 2.75) is 110 Å². The van der Waals surface area contributed by atoms with Crippen LogP contribution in [0.25, 0.3) is 16.0 Å². The molecule has 0 N–H and O–H groups in total. The van der Waals surface area contributed by atoms with Crippen LogP contribution in [0.2, 0.25) is 0 Å². The molecule has 0 saturated carbocycles. The monoisotopic (exact) mass is 492 g/mol. The number of nitrogens with zero attached hydrogens (tertiary/aromatic N) is 2. The number of hydrogen-bond donors (Lipinski definition) is 0. The van der Waals surface area contributed by atoms with Gasteiger partial charge in [0.25, 0.3) is 0 Å². The normalized spacial score (nSPS) is 11.4. The summed E-state index contributed by atoms with van der Waals surface area (Å²) in [6.07, 6.45) is 19.9. The van der Waals surface area contributed by atoms with E-state index in [1.54, 1.807) is 0 Å². The van der Waals surface area contributed by atoms with Crippen molar-refractivity contribution in [3.63, 3.8) is 0 Å². The standard InChI is InChI=1S/C26H41N2S.BrH/c1-3-4-5-6-7-8-9-10-11-12-13-14-15-18-21-27-24-19-16-17-20-25(24)28-23(2)22-29-26(27)28;/h16-17,19-20,22H,3-15,18,21H2,1-2H3;1H/q+1;/p-1. The molecule has 0 amide bonds. The summed E-state index contributed by atoms with van der Waals surface area (Å²) in [5.41, 5.74) is 4.09. The highest BCUT2D eigenvalue weighted by molar-refractivity contribution is 7.14. The molecule has 0 unspecified atom stereocenters. The van der Waals surface area contributed by atoms with Gasteiger partial charge in [0.1, 0.15) is 5.69 Å². The maximum absolute atomic E-state index is 2.54. The average Bonchev–Trinajstić information content (AvgIpc) is 3.26. The zero-order chi connectivity index (χ0) is 20.3. The zero-order valence-corrected chi connectivity index (χ0v) is 21.6. The molecular weight excluding hydrogens is 452 g/mol. The lowest BCUT2D eigenvalue weighted by atomic mass is 10.0. The summed E-state index contributed by atoms with van der Waals surface area (Å²) >= 11 is 1.88. The van der Waals surface area contributed by atoms with Gasteiger partial charge in [0.2, 0.25) is 0 Å². The molecule has 0 fully saturated rings. The van der Waals surface area contributed by atoms with Gasteiger partial charge in [-0.2, -0.15) is 4.40 Å². The Kier molecular flexibility index (Phi) is 12.1. The van der Waals surface area contributed by atoms with E-state index in [9.17, 15) is 0 Å². The van der Waals surface area contributed by atoms with E-state index >= 15 is 0 Å². The van der Waals surface area contributed by atoms with E-state index in [4.69, 9.17) is 0 Å². The molecule has 30 heavy (non-hydrogen) atoms. The molecule has 0 saturated heterocycles. The molecule has 3 rings (SSSR count). The van der Waals surface area contributed by atoms with Crippen molar-refractivity contribution in [2.75, 3.05) is 0 Å². The number of aryl methyl sites for hydroxylation is 2. The van der Waals surface area contributed by atoms with Crippen molar-refractivity contribution in [3.05, 3.63) is 35.3 Å². The molecule has 1 aromatic carbocycles. The molecule has 0 aliphatic rings. The van der Waals surface area contributed by atoms with E-state index in [0.29, 0.717) is 0 Å². The smallest absolute Gasteiger partial charge is 0.346 e. The molecule has 0 aliphatic carbocycles. The Morgan fingerprint density at radius 1 is 0.767 bits per heavy atom. The topological polar surface area (TPSA) is 8.29 Å². The molecule has 0 bridgehead atoms. The number of rotatable bonds is 15. The number of hydrogen-bond acceptors (Lipinski definition) is 1. The molecule has 0 radical (unpaired) electrons. The Hall–Kier alpha value is -0.870. The summed E-state index contributed by atoms with van der Waals surface area (Å²) in [7, 11) is 0. The lowest BCUT2D eigenvalue weighted by Crippen LogP contribution is -3.00. The highest BCUT2D eigenvalue weighted by Gasteiger charge is 2.21. The predicted octanol–water partition coefficient (Wildman–Crippen LogP) is 5.24. The summed E-state index contributed by atoms with van der Waals surface area (Å²) in [5, 5.41) is 2.28. The Labute approximate surface area is 198 Å². The van der Waals surface area contributed by atoms with Crippen LogP contribution in [0.5, 0.6) is 0 Å². The molecular formula is C26H41BrN2S. The molecule has 2 aromatic heterocycles. The van der Waals surface area contributed by atoms with Crippen LogP contribution >= 0.6 is 11.3 Å². The molecule has 0 spiro atoms. The van der Waals surface area contributed by atoms with Crippen LogP contribution in [-0.2, 0) is 6.54 Å². The van der Waals surface area contributed by atoms with E-state index < -0.39 is 0 Å². The first kappa shape index (κ1) is 25.4. The first-order valence-corrected chi connectivity index (χ1v) is 13.1. The number of benzene rings is 1. The van der Waals surface area contributed by atoms with E-state index in [2.05, 4.69) is 52.5 Å². The Bertz CT molecular complexity index is 851. The molecule has 168 valence electrons. The van der Waals surface area contributed by atoms with Crippen LogP contribution in [0.3, 0.4) is 0 Å². The number of halogens is 1. The van der Waals surface area contributed by atoms with Crippen molar-refractivity contribution in [3.8, 4) is 0 Å². The summed E-state index contributed by atoms with van der Waals surface area (Å²) in [6.45, 7) is 5.66. The van der Waals surface area contributed by atoms with Crippen molar-refractivity contribution < 1.29 is 21.5 Å². The molecule has 2 nitrogen and oxygen atoms in total. The third kappa shape index (κ3) is 7.09. The first-order valence-electron chi connectivity index (χ1n) is 12.2. The fourth-order valence-corrected chi connectivity index (χ4v) is 5.58. The van der Waals surface area contributed by atoms with Gasteiger partial charge < -0.3 is 17.0 Å². The number of para-hydroxylation sites is 2. The van der Waals surface area contributed by atoms with Crippen LogP contribution in [0.1, 0.15) is 103 Å². The van der Waals surface area contributed by atoms with Gasteiger partial charge >= 0.3 is 4.96 Å². The molecule has 0 aliphatic heterocycles. The lowest BCUT2D eigenvalue weighted by molar-refractivity contribution is -0.644. The van der Waals surface area contributed by atoms with Crippen LogP contribution in [-0.4, -0.2) is 4.40 Å². The Morgan fingerprint density at radius 3 is 1.90 bits per heavy atom. The van der Waals surface area contributed by atoms with Gasteiger partial charge in [-0.05, 0) is 31.9 Å². The van der Waals surface area contributed by atoms with Crippen LogP contribution in [0.15, 0.2) is 29.6 Å². The van der Waals surface area contributed by atoms with E-state index in [1.807, 2.05) is 11.3 Å². The number of aromatic nitrogens is 2. The van der Waals surface area contributed by atoms with Crippen molar-refractivity contribution in [1.29, 1.82) is 0 Å². The molecule has 3 aromatic rings. The minimum atomic E-state index is 0. The number of unbranched alkanes of at least 4 members (excludes halogenated alkanes) is 13. The fraction of sp³-hybridized carbons (Fsp3) is 0.654. The van der Waals surface area contributed by atoms with Crippen LogP contribution in [0.4, 0.5) is 0 Å². The third-order valence-electron chi connectivity index (χ3n) is 6.26. The van der Waals surface area contributed by atoms with Crippen molar-refractivity contribution in [1.82, 2.24) is 4.40 Å². The van der Waals surface area contributed by atoms with E-state index in [1.165, 1.54) is 112 Å². The number of thiazole rings is 1. The van der Waals surface area contributed by atoms with Gasteiger partial charge in [-0.25, -0.2) is 4.57 Å². The second-order valence-electron chi connectivity index (χ2n) is 8.73. The molecule has 2 heterocycles. The largest absolute Gasteiger partial charge is 1.00 e. The Balaban J connectivity index is 0.00000320.